The Morgan fingerprint density at radius 1 is 0.974 bits per heavy atom. The molecule has 8 nitrogen and oxygen atoms in total. The van der Waals surface area contributed by atoms with Gasteiger partial charge < -0.3 is 14.4 Å². The summed E-state index contributed by atoms with van der Waals surface area (Å²) >= 11 is 1.84. The molecule has 0 saturated heterocycles. The van der Waals surface area contributed by atoms with Crippen LogP contribution < -0.4 is 9.47 Å². The molecule has 3 aromatic carbocycles. The maximum absolute atomic E-state index is 10.6. The molecule has 0 aromatic heterocycles. The summed E-state index contributed by atoms with van der Waals surface area (Å²) in [5, 5.41) is 10.6. The minimum Gasteiger partial charge on any atom is -0.493 e. The van der Waals surface area contributed by atoms with Gasteiger partial charge in [0.15, 0.2) is 11.5 Å². The molecule has 1 heterocycles. The third kappa shape index (κ3) is 8.21. The number of nitriles is 1. The summed E-state index contributed by atoms with van der Waals surface area (Å²) in [6, 6.07) is 25.8. The number of hydrogen-bond donors (Lipinski definition) is 2. The lowest BCUT2D eigenvalue weighted by atomic mass is 9.71. The molecule has 2 N–H and O–H groups in total. The van der Waals surface area contributed by atoms with Crippen LogP contribution in [0.2, 0.25) is 0 Å². The van der Waals surface area contributed by atoms with E-state index < -0.39 is 15.8 Å². The van der Waals surface area contributed by atoms with Gasteiger partial charge in [-0.1, -0.05) is 48.5 Å². The first kappa shape index (κ1) is 30.5. The van der Waals surface area contributed by atoms with Crippen LogP contribution in [0.3, 0.4) is 0 Å². The van der Waals surface area contributed by atoms with Crippen LogP contribution in [-0.4, -0.2) is 56.8 Å². The van der Waals surface area contributed by atoms with E-state index in [1.807, 2.05) is 17.8 Å². The number of thioether (sulfide) groups is 1. The fourth-order valence-electron chi connectivity index (χ4n) is 4.84. The van der Waals surface area contributed by atoms with Gasteiger partial charge in [0.25, 0.3) is 0 Å². The number of nitrogens with zero attached hydrogens (tertiary/aromatic N) is 2. The molecule has 0 spiro atoms. The van der Waals surface area contributed by atoms with Gasteiger partial charge in [-0.05, 0) is 73.3 Å². The molecule has 0 fully saturated rings. The number of hydrogen-bond acceptors (Lipinski definition) is 7. The first-order valence-electron chi connectivity index (χ1n) is 12.4. The van der Waals surface area contributed by atoms with Gasteiger partial charge in [0, 0.05) is 17.2 Å². The van der Waals surface area contributed by atoms with Gasteiger partial charge in [-0.2, -0.15) is 13.7 Å². The molecule has 0 radical (unpaired) electrons. The molecular formula is C29H34N2O6S2. The lowest BCUT2D eigenvalue weighted by Gasteiger charge is -2.30. The van der Waals surface area contributed by atoms with Crippen LogP contribution in [0.4, 0.5) is 0 Å². The molecule has 1 aliphatic heterocycles. The highest BCUT2D eigenvalue weighted by Crippen LogP contribution is 2.46. The predicted octanol–water partition coefficient (Wildman–Crippen LogP) is 5.42. The van der Waals surface area contributed by atoms with E-state index in [0.29, 0.717) is 0 Å². The zero-order valence-electron chi connectivity index (χ0n) is 22.3. The van der Waals surface area contributed by atoms with Crippen LogP contribution in [0.1, 0.15) is 35.1 Å². The molecule has 39 heavy (non-hydrogen) atoms. The monoisotopic (exact) mass is 570 g/mol. The Balaban J connectivity index is 0.000000771. The Kier molecular flexibility index (Phi) is 10.8. The van der Waals surface area contributed by atoms with Gasteiger partial charge >= 0.3 is 10.4 Å². The molecule has 1 atom stereocenters. The SMILES string of the molecule is COc1ccc(CCN(C)CCCC2(C#N)c3ccccc3CSc3ccccc32)cc1OC.O=S(=O)(O)O. The van der Waals surface area contributed by atoms with Crippen molar-refractivity contribution in [2.45, 2.75) is 35.3 Å². The number of methoxy groups -OCH3 is 2. The van der Waals surface area contributed by atoms with Crippen LogP contribution in [0.15, 0.2) is 71.6 Å². The van der Waals surface area contributed by atoms with E-state index in [4.69, 9.17) is 27.0 Å². The van der Waals surface area contributed by atoms with Crippen LogP contribution in [0.25, 0.3) is 0 Å². The Morgan fingerprint density at radius 2 is 1.62 bits per heavy atom. The summed E-state index contributed by atoms with van der Waals surface area (Å²) in [6.07, 6.45) is 2.69. The highest BCUT2D eigenvalue weighted by atomic mass is 32.3. The maximum atomic E-state index is 10.6. The zero-order valence-corrected chi connectivity index (χ0v) is 24.0. The number of likely N-dealkylation sites (N-methyl/N-ethyl adjacent to an activating group) is 1. The van der Waals surface area contributed by atoms with Gasteiger partial charge in [-0.15, -0.1) is 11.8 Å². The third-order valence-corrected chi connectivity index (χ3v) is 7.84. The molecule has 0 aliphatic carbocycles. The van der Waals surface area contributed by atoms with E-state index in [2.05, 4.69) is 78.7 Å². The number of ether oxygens (including phenoxy) is 2. The zero-order chi connectivity index (χ0) is 28.5. The maximum Gasteiger partial charge on any atom is 0.394 e. The van der Waals surface area contributed by atoms with Gasteiger partial charge in [-0.3, -0.25) is 9.11 Å². The lowest BCUT2D eigenvalue weighted by Crippen LogP contribution is -2.30. The van der Waals surface area contributed by atoms with E-state index in [9.17, 15) is 5.26 Å². The van der Waals surface area contributed by atoms with Gasteiger partial charge in [0.1, 0.15) is 5.41 Å². The molecule has 1 aliphatic rings. The largest absolute Gasteiger partial charge is 0.493 e. The number of rotatable bonds is 9. The van der Waals surface area contributed by atoms with Crippen molar-refractivity contribution < 1.29 is 27.0 Å². The first-order valence-corrected chi connectivity index (χ1v) is 14.8. The van der Waals surface area contributed by atoms with Crippen molar-refractivity contribution in [3.8, 4) is 17.6 Å². The number of benzene rings is 3. The van der Waals surface area contributed by atoms with Gasteiger partial charge in [0.2, 0.25) is 0 Å². The Morgan fingerprint density at radius 3 is 2.28 bits per heavy atom. The highest BCUT2D eigenvalue weighted by Gasteiger charge is 2.39. The van der Waals surface area contributed by atoms with E-state index in [-0.39, 0.29) is 0 Å². The van der Waals surface area contributed by atoms with Crippen molar-refractivity contribution in [1.82, 2.24) is 4.90 Å². The van der Waals surface area contributed by atoms with Crippen molar-refractivity contribution in [2.24, 2.45) is 0 Å². The first-order chi connectivity index (χ1) is 18.6. The smallest absolute Gasteiger partial charge is 0.394 e. The Bertz CT molecular complexity index is 1350. The Hall–Kier alpha value is -3.07. The van der Waals surface area contributed by atoms with Crippen molar-refractivity contribution in [3.63, 3.8) is 0 Å². The molecule has 0 bridgehead atoms. The van der Waals surface area contributed by atoms with Crippen LogP contribution in [-0.2, 0) is 28.0 Å². The molecule has 1 unspecified atom stereocenters. The van der Waals surface area contributed by atoms with Gasteiger partial charge in [0.05, 0.1) is 20.3 Å². The summed E-state index contributed by atoms with van der Waals surface area (Å²) in [5.41, 5.74) is 4.21. The predicted molar refractivity (Wildman–Crippen MR) is 153 cm³/mol. The van der Waals surface area contributed by atoms with Crippen LogP contribution in [0.5, 0.6) is 11.5 Å². The second kappa shape index (κ2) is 13.8. The van der Waals surface area contributed by atoms with E-state index in [0.717, 1.165) is 55.2 Å². The second-order valence-corrected chi connectivity index (χ2v) is 11.2. The van der Waals surface area contributed by atoms with E-state index >= 15 is 0 Å². The molecule has 0 amide bonds. The van der Waals surface area contributed by atoms with Crippen molar-refractivity contribution in [1.29, 1.82) is 5.26 Å². The lowest BCUT2D eigenvalue weighted by molar-refractivity contribution is 0.320. The van der Waals surface area contributed by atoms with Crippen molar-refractivity contribution in [2.75, 3.05) is 34.4 Å². The molecule has 10 heteroatoms. The fourth-order valence-corrected chi connectivity index (χ4v) is 5.97. The van der Waals surface area contributed by atoms with E-state index in [1.165, 1.54) is 21.6 Å². The summed E-state index contributed by atoms with van der Waals surface area (Å²) in [4.78, 5) is 3.58. The highest BCUT2D eigenvalue weighted by molar-refractivity contribution is 7.98. The summed E-state index contributed by atoms with van der Waals surface area (Å²) in [7, 11) is 0.814. The van der Waals surface area contributed by atoms with Crippen LogP contribution >= 0.6 is 11.8 Å². The topological polar surface area (TPSA) is 120 Å². The normalized spacial score (nSPS) is 16.1. The molecule has 208 valence electrons. The summed E-state index contributed by atoms with van der Waals surface area (Å²) in [6.45, 7) is 1.88. The standard InChI is InChI=1S/C29H32N2O2S.H2O4S/c1-31(18-15-22-13-14-26(32-2)27(19-22)33-3)17-8-16-29(21-30)24-10-5-4-9-23(24)20-34-28-12-7-6-11-25(28)29;1-5(2,3)4/h4-7,9-14,19H,8,15-18,20H2,1-3H3;(H2,1,2,3,4). The summed E-state index contributed by atoms with van der Waals surface area (Å²) < 4.78 is 42.4. The number of fused-ring (bicyclic) bond motifs is 2. The fraction of sp³-hybridized carbons (Fsp3) is 0.345. The molecule has 4 rings (SSSR count). The van der Waals surface area contributed by atoms with Crippen molar-refractivity contribution in [3.05, 3.63) is 89.0 Å². The van der Waals surface area contributed by atoms with Crippen molar-refractivity contribution >= 4 is 22.2 Å². The average Bonchev–Trinajstić information content (AvgIpc) is 3.06. The Labute approximate surface area is 235 Å². The minimum atomic E-state index is -4.67. The van der Waals surface area contributed by atoms with E-state index in [1.54, 1.807) is 14.2 Å². The second-order valence-electron chi connectivity index (χ2n) is 9.25. The van der Waals surface area contributed by atoms with Crippen LogP contribution in [0, 0.1) is 11.3 Å². The van der Waals surface area contributed by atoms with Gasteiger partial charge in [-0.25, -0.2) is 0 Å². The quantitative estimate of drug-likeness (QED) is 0.325. The average molecular weight is 571 g/mol. The molecular weight excluding hydrogens is 536 g/mol. The third-order valence-electron chi connectivity index (χ3n) is 6.72. The molecule has 0 saturated carbocycles. The summed E-state index contributed by atoms with van der Waals surface area (Å²) in [5.74, 6) is 2.42. The molecule has 3 aromatic rings. The minimum absolute atomic E-state index is 0.610.